The van der Waals surface area contributed by atoms with E-state index in [-0.39, 0.29) is 12.5 Å². The molecule has 1 aromatic rings. The van der Waals surface area contributed by atoms with Crippen molar-refractivity contribution in [3.05, 3.63) is 17.5 Å². The van der Waals surface area contributed by atoms with Crippen LogP contribution in [-0.4, -0.2) is 69.3 Å². The molecule has 1 amide bonds. The Kier molecular flexibility index (Phi) is 4.39. The minimum Gasteiger partial charge on any atom is -0.480 e. The molecular formula is C13H20N4O3. The minimum atomic E-state index is -0.828. The number of aliphatic carboxylic acids is 1. The van der Waals surface area contributed by atoms with Crippen molar-refractivity contribution in [2.75, 3.05) is 32.7 Å². The van der Waals surface area contributed by atoms with Gasteiger partial charge in [-0.05, 0) is 6.42 Å². The van der Waals surface area contributed by atoms with E-state index in [0.717, 1.165) is 12.1 Å². The Morgan fingerprint density at radius 3 is 2.50 bits per heavy atom. The van der Waals surface area contributed by atoms with E-state index in [1.54, 1.807) is 22.8 Å². The van der Waals surface area contributed by atoms with Crippen molar-refractivity contribution in [3.63, 3.8) is 0 Å². The lowest BCUT2D eigenvalue weighted by Gasteiger charge is -2.33. The van der Waals surface area contributed by atoms with Crippen LogP contribution >= 0.6 is 0 Å². The molecule has 0 unspecified atom stereocenters. The third-order valence-corrected chi connectivity index (χ3v) is 3.49. The molecule has 110 valence electrons. The van der Waals surface area contributed by atoms with Crippen molar-refractivity contribution in [2.24, 2.45) is 7.05 Å². The standard InChI is InChI=1S/C13H20N4O3/c1-3-11-10(8-15(2)14-11)13(20)17-6-4-16(5-7-17)9-12(18)19/h8H,3-7,9H2,1-2H3,(H,18,19). The lowest BCUT2D eigenvalue weighted by molar-refractivity contribution is -0.138. The number of aryl methyl sites for hydroxylation is 2. The van der Waals surface area contributed by atoms with E-state index in [9.17, 15) is 9.59 Å². The zero-order valence-electron chi connectivity index (χ0n) is 11.9. The van der Waals surface area contributed by atoms with Gasteiger partial charge in [0.1, 0.15) is 0 Å². The van der Waals surface area contributed by atoms with Crippen molar-refractivity contribution in [3.8, 4) is 0 Å². The van der Waals surface area contributed by atoms with Gasteiger partial charge < -0.3 is 10.0 Å². The zero-order chi connectivity index (χ0) is 14.7. The molecule has 1 aromatic heterocycles. The summed E-state index contributed by atoms with van der Waals surface area (Å²) in [5.74, 6) is -0.838. The normalized spacial score (nSPS) is 16.4. The van der Waals surface area contributed by atoms with Gasteiger partial charge in [0.2, 0.25) is 0 Å². The Bertz CT molecular complexity index is 504. The minimum absolute atomic E-state index is 0.00933. The van der Waals surface area contributed by atoms with Gasteiger partial charge in [0.25, 0.3) is 5.91 Å². The van der Waals surface area contributed by atoms with E-state index in [4.69, 9.17) is 5.11 Å². The molecule has 1 aliphatic heterocycles. The van der Waals surface area contributed by atoms with Crippen molar-refractivity contribution in [1.29, 1.82) is 0 Å². The van der Waals surface area contributed by atoms with Crippen molar-refractivity contribution in [1.82, 2.24) is 19.6 Å². The maximum Gasteiger partial charge on any atom is 0.317 e. The van der Waals surface area contributed by atoms with Gasteiger partial charge >= 0.3 is 5.97 Å². The number of piperazine rings is 1. The fourth-order valence-electron chi connectivity index (χ4n) is 2.45. The molecule has 1 aliphatic rings. The van der Waals surface area contributed by atoms with Gasteiger partial charge in [-0.1, -0.05) is 6.92 Å². The van der Waals surface area contributed by atoms with Crippen molar-refractivity contribution >= 4 is 11.9 Å². The lowest BCUT2D eigenvalue weighted by atomic mass is 10.1. The summed E-state index contributed by atoms with van der Waals surface area (Å²) in [6.07, 6.45) is 2.48. The molecule has 0 saturated carbocycles. The molecule has 0 spiro atoms. The van der Waals surface area contributed by atoms with Crippen LogP contribution in [0.2, 0.25) is 0 Å². The topological polar surface area (TPSA) is 78.7 Å². The summed E-state index contributed by atoms with van der Waals surface area (Å²) in [4.78, 5) is 26.7. The summed E-state index contributed by atoms with van der Waals surface area (Å²) in [6, 6.07) is 0. The highest BCUT2D eigenvalue weighted by Gasteiger charge is 2.25. The van der Waals surface area contributed by atoms with Crippen LogP contribution in [0.1, 0.15) is 23.0 Å². The van der Waals surface area contributed by atoms with Crippen LogP contribution in [0.4, 0.5) is 0 Å². The highest BCUT2D eigenvalue weighted by atomic mass is 16.4. The molecule has 0 aromatic carbocycles. The van der Waals surface area contributed by atoms with Gasteiger partial charge in [-0.2, -0.15) is 5.10 Å². The fourth-order valence-corrected chi connectivity index (χ4v) is 2.45. The number of carbonyl (C=O) groups excluding carboxylic acids is 1. The van der Waals surface area contributed by atoms with Crippen LogP contribution in [0.25, 0.3) is 0 Å². The van der Waals surface area contributed by atoms with E-state index < -0.39 is 5.97 Å². The average molecular weight is 280 g/mol. The Morgan fingerprint density at radius 1 is 1.30 bits per heavy atom. The third kappa shape index (κ3) is 3.16. The molecule has 0 aliphatic carbocycles. The molecule has 2 rings (SSSR count). The average Bonchev–Trinajstić information content (AvgIpc) is 2.79. The second kappa shape index (κ2) is 6.04. The second-order valence-corrected chi connectivity index (χ2v) is 4.98. The quantitative estimate of drug-likeness (QED) is 0.828. The maximum atomic E-state index is 12.5. The summed E-state index contributed by atoms with van der Waals surface area (Å²) in [6.45, 7) is 4.33. The van der Waals surface area contributed by atoms with Gasteiger partial charge in [0.05, 0.1) is 17.8 Å². The fraction of sp³-hybridized carbons (Fsp3) is 0.615. The molecule has 0 atom stereocenters. The van der Waals surface area contributed by atoms with Crippen LogP contribution in [-0.2, 0) is 18.3 Å². The monoisotopic (exact) mass is 280 g/mol. The van der Waals surface area contributed by atoms with E-state index in [2.05, 4.69) is 5.10 Å². The number of hydrogen-bond acceptors (Lipinski definition) is 4. The molecule has 1 N–H and O–H groups in total. The number of aromatic nitrogens is 2. The molecule has 2 heterocycles. The first-order valence-electron chi connectivity index (χ1n) is 6.77. The first kappa shape index (κ1) is 14.5. The molecule has 7 nitrogen and oxygen atoms in total. The largest absolute Gasteiger partial charge is 0.480 e. The number of hydrogen-bond donors (Lipinski definition) is 1. The molecular weight excluding hydrogens is 260 g/mol. The Morgan fingerprint density at radius 2 is 1.95 bits per heavy atom. The van der Waals surface area contributed by atoms with Gasteiger partial charge in [-0.15, -0.1) is 0 Å². The molecule has 1 saturated heterocycles. The summed E-state index contributed by atoms with van der Waals surface area (Å²) in [5.41, 5.74) is 1.46. The highest BCUT2D eigenvalue weighted by Crippen LogP contribution is 2.13. The summed E-state index contributed by atoms with van der Waals surface area (Å²) >= 11 is 0. The Labute approximate surface area is 117 Å². The van der Waals surface area contributed by atoms with Gasteiger partial charge in [0.15, 0.2) is 0 Å². The van der Waals surface area contributed by atoms with Gasteiger partial charge in [-0.3, -0.25) is 19.2 Å². The zero-order valence-corrected chi connectivity index (χ0v) is 11.9. The maximum absolute atomic E-state index is 12.5. The second-order valence-electron chi connectivity index (χ2n) is 4.98. The number of carbonyl (C=O) groups is 2. The Hall–Kier alpha value is -1.89. The van der Waals surface area contributed by atoms with E-state index in [1.807, 2.05) is 11.8 Å². The SMILES string of the molecule is CCc1nn(C)cc1C(=O)N1CCN(CC(=O)O)CC1. The summed E-state index contributed by atoms with van der Waals surface area (Å²) < 4.78 is 1.66. The predicted octanol–water partition coefficient (Wildman–Crippen LogP) is -0.175. The van der Waals surface area contributed by atoms with E-state index >= 15 is 0 Å². The van der Waals surface area contributed by atoms with Crippen LogP contribution in [0.15, 0.2) is 6.20 Å². The highest BCUT2D eigenvalue weighted by molar-refractivity contribution is 5.95. The van der Waals surface area contributed by atoms with Crippen molar-refractivity contribution in [2.45, 2.75) is 13.3 Å². The first-order valence-corrected chi connectivity index (χ1v) is 6.77. The van der Waals surface area contributed by atoms with E-state index in [1.165, 1.54) is 0 Å². The number of carboxylic acid groups (broad SMARTS) is 1. The predicted molar refractivity (Wildman–Crippen MR) is 72.6 cm³/mol. The van der Waals surface area contributed by atoms with Crippen LogP contribution in [0, 0.1) is 0 Å². The molecule has 0 radical (unpaired) electrons. The van der Waals surface area contributed by atoms with Crippen molar-refractivity contribution < 1.29 is 14.7 Å². The number of amides is 1. The number of nitrogens with zero attached hydrogens (tertiary/aromatic N) is 4. The van der Waals surface area contributed by atoms with Gasteiger partial charge in [-0.25, -0.2) is 0 Å². The van der Waals surface area contributed by atoms with Crippen LogP contribution in [0.3, 0.4) is 0 Å². The van der Waals surface area contributed by atoms with Crippen LogP contribution < -0.4 is 0 Å². The molecule has 0 bridgehead atoms. The molecule has 7 heteroatoms. The molecule has 1 fully saturated rings. The van der Waals surface area contributed by atoms with E-state index in [0.29, 0.717) is 31.7 Å². The molecule has 20 heavy (non-hydrogen) atoms. The third-order valence-electron chi connectivity index (χ3n) is 3.49. The first-order chi connectivity index (χ1) is 9.51. The number of carboxylic acids is 1. The summed E-state index contributed by atoms with van der Waals surface area (Å²) in [5, 5.41) is 13.0. The Balaban J connectivity index is 1.99. The summed E-state index contributed by atoms with van der Waals surface area (Å²) in [7, 11) is 1.81. The number of rotatable bonds is 4. The van der Waals surface area contributed by atoms with Gasteiger partial charge in [0, 0.05) is 39.4 Å². The lowest BCUT2D eigenvalue weighted by Crippen LogP contribution is -2.50. The van der Waals surface area contributed by atoms with Crippen LogP contribution in [0.5, 0.6) is 0 Å². The smallest absolute Gasteiger partial charge is 0.317 e.